The SMILES string of the molecule is CCOC(=O)C1=C(C)NC(=S)N[C@H]1c1ccccc1OCC(=O)NN=Cc1cc(Br)c(C)c(Br)c1. The number of benzene rings is 2. The highest BCUT2D eigenvalue weighted by Gasteiger charge is 2.32. The number of para-hydroxylation sites is 1. The third kappa shape index (κ3) is 6.89. The van der Waals surface area contributed by atoms with Crippen LogP contribution in [0.3, 0.4) is 0 Å². The van der Waals surface area contributed by atoms with Gasteiger partial charge in [0.15, 0.2) is 11.7 Å². The minimum atomic E-state index is -0.599. The highest BCUT2D eigenvalue weighted by molar-refractivity contribution is 9.11. The lowest BCUT2D eigenvalue weighted by Gasteiger charge is -2.30. The molecule has 0 saturated carbocycles. The summed E-state index contributed by atoms with van der Waals surface area (Å²) in [5, 5.41) is 10.4. The molecule has 2 aromatic rings. The molecule has 0 bridgehead atoms. The Hall–Kier alpha value is -2.76. The molecule has 8 nitrogen and oxygen atoms in total. The minimum absolute atomic E-state index is 0.238. The van der Waals surface area contributed by atoms with Crippen molar-refractivity contribution in [2.45, 2.75) is 26.8 Å². The predicted molar refractivity (Wildman–Crippen MR) is 145 cm³/mol. The summed E-state index contributed by atoms with van der Waals surface area (Å²) >= 11 is 12.3. The third-order valence-corrected chi connectivity index (χ3v) is 6.93. The van der Waals surface area contributed by atoms with Crippen molar-refractivity contribution >= 4 is 67.3 Å². The zero-order valence-corrected chi connectivity index (χ0v) is 23.3. The second-order valence-electron chi connectivity index (χ2n) is 7.52. The van der Waals surface area contributed by atoms with E-state index in [1.54, 1.807) is 38.3 Å². The molecule has 3 rings (SSSR count). The van der Waals surface area contributed by atoms with Crippen LogP contribution in [0, 0.1) is 6.92 Å². The lowest BCUT2D eigenvalue weighted by Crippen LogP contribution is -2.45. The lowest BCUT2D eigenvalue weighted by molar-refractivity contribution is -0.139. The maximum absolute atomic E-state index is 12.6. The van der Waals surface area contributed by atoms with Crippen LogP contribution in [0.25, 0.3) is 0 Å². The molecule has 1 amide bonds. The van der Waals surface area contributed by atoms with E-state index in [9.17, 15) is 9.59 Å². The van der Waals surface area contributed by atoms with Gasteiger partial charge in [0.1, 0.15) is 5.75 Å². The number of hydrogen-bond acceptors (Lipinski definition) is 6. The van der Waals surface area contributed by atoms with Crippen molar-refractivity contribution in [3.05, 3.63) is 73.3 Å². The maximum atomic E-state index is 12.6. The zero-order valence-electron chi connectivity index (χ0n) is 19.3. The monoisotopic (exact) mass is 622 g/mol. The minimum Gasteiger partial charge on any atom is -0.483 e. The van der Waals surface area contributed by atoms with Crippen molar-refractivity contribution in [1.29, 1.82) is 0 Å². The van der Waals surface area contributed by atoms with Gasteiger partial charge in [0, 0.05) is 20.2 Å². The molecule has 1 atom stereocenters. The highest BCUT2D eigenvalue weighted by atomic mass is 79.9. The molecule has 3 N–H and O–H groups in total. The molecule has 11 heteroatoms. The number of allylic oxidation sites excluding steroid dienone is 1. The molecule has 0 radical (unpaired) electrons. The van der Waals surface area contributed by atoms with E-state index in [1.165, 1.54) is 0 Å². The Balaban J connectivity index is 1.71. The summed E-state index contributed by atoms with van der Waals surface area (Å²) in [7, 11) is 0. The first-order chi connectivity index (χ1) is 16.7. The molecule has 1 aliphatic heterocycles. The van der Waals surface area contributed by atoms with Crippen LogP contribution in [-0.4, -0.2) is 36.4 Å². The number of nitrogens with one attached hydrogen (secondary N) is 3. The van der Waals surface area contributed by atoms with E-state index in [4.69, 9.17) is 21.7 Å². The third-order valence-electron chi connectivity index (χ3n) is 5.06. The largest absolute Gasteiger partial charge is 0.483 e. The number of ether oxygens (including phenoxy) is 2. The second kappa shape index (κ2) is 12.3. The predicted octanol–water partition coefficient (Wildman–Crippen LogP) is 4.41. The molecule has 0 unspecified atom stereocenters. The fraction of sp³-hybridized carbons (Fsp3) is 0.250. The van der Waals surface area contributed by atoms with Crippen molar-refractivity contribution in [3.63, 3.8) is 0 Å². The van der Waals surface area contributed by atoms with Crippen LogP contribution in [0.1, 0.15) is 36.6 Å². The molecule has 0 fully saturated rings. The molecule has 184 valence electrons. The summed E-state index contributed by atoms with van der Waals surface area (Å²) in [5.41, 5.74) is 5.96. The Morgan fingerprint density at radius 3 is 2.57 bits per heavy atom. The van der Waals surface area contributed by atoms with Gasteiger partial charge in [-0.25, -0.2) is 10.2 Å². The molecular formula is C24H24Br2N4O4S. The van der Waals surface area contributed by atoms with Gasteiger partial charge >= 0.3 is 5.97 Å². The van der Waals surface area contributed by atoms with Gasteiger partial charge in [-0.3, -0.25) is 4.79 Å². The van der Waals surface area contributed by atoms with Crippen molar-refractivity contribution in [2.75, 3.05) is 13.2 Å². The molecular weight excluding hydrogens is 600 g/mol. The molecule has 0 aromatic heterocycles. The number of nitrogens with zero attached hydrogens (tertiary/aromatic N) is 1. The molecule has 0 aliphatic carbocycles. The first-order valence-electron chi connectivity index (χ1n) is 10.7. The number of amides is 1. The van der Waals surface area contributed by atoms with Crippen LogP contribution in [0.15, 0.2) is 61.7 Å². The molecule has 2 aromatic carbocycles. The van der Waals surface area contributed by atoms with Gasteiger partial charge in [-0.2, -0.15) is 5.10 Å². The summed E-state index contributed by atoms with van der Waals surface area (Å²) in [6.45, 7) is 5.44. The van der Waals surface area contributed by atoms with Crippen molar-refractivity contribution in [1.82, 2.24) is 16.1 Å². The highest BCUT2D eigenvalue weighted by Crippen LogP contribution is 2.33. The van der Waals surface area contributed by atoms with E-state index in [-0.39, 0.29) is 13.2 Å². The van der Waals surface area contributed by atoms with E-state index in [0.29, 0.717) is 27.7 Å². The van der Waals surface area contributed by atoms with Gasteiger partial charge in [-0.15, -0.1) is 0 Å². The quantitative estimate of drug-likeness (QED) is 0.173. The summed E-state index contributed by atoms with van der Waals surface area (Å²) < 4.78 is 12.9. The number of carbonyl (C=O) groups is 2. The van der Waals surface area contributed by atoms with Crippen LogP contribution < -0.4 is 20.8 Å². The number of rotatable bonds is 8. The Morgan fingerprint density at radius 1 is 1.20 bits per heavy atom. The summed E-state index contributed by atoms with van der Waals surface area (Å²) in [5.74, 6) is -0.476. The second-order valence-corrected chi connectivity index (χ2v) is 9.64. The number of thiocarbonyl (C=S) groups is 1. The van der Waals surface area contributed by atoms with Crippen LogP contribution in [0.4, 0.5) is 0 Å². The fourth-order valence-electron chi connectivity index (χ4n) is 3.35. The van der Waals surface area contributed by atoms with Crippen molar-refractivity contribution < 1.29 is 19.1 Å². The number of carbonyl (C=O) groups excluding carboxylic acids is 2. The number of esters is 1. The van der Waals surface area contributed by atoms with Crippen LogP contribution >= 0.6 is 44.1 Å². The Morgan fingerprint density at radius 2 is 1.89 bits per heavy atom. The van der Waals surface area contributed by atoms with Crippen LogP contribution in [0.2, 0.25) is 0 Å². The van der Waals surface area contributed by atoms with Crippen molar-refractivity contribution in [2.24, 2.45) is 5.10 Å². The number of hydrazone groups is 1. The lowest BCUT2D eigenvalue weighted by atomic mass is 9.95. The smallest absolute Gasteiger partial charge is 0.338 e. The summed E-state index contributed by atoms with van der Waals surface area (Å²) in [4.78, 5) is 25.0. The van der Waals surface area contributed by atoms with Crippen molar-refractivity contribution in [3.8, 4) is 5.75 Å². The number of halogens is 2. The zero-order chi connectivity index (χ0) is 25.5. The van der Waals surface area contributed by atoms with Gasteiger partial charge in [-0.1, -0.05) is 50.1 Å². The van der Waals surface area contributed by atoms with Gasteiger partial charge in [-0.05, 0) is 62.3 Å². The van der Waals surface area contributed by atoms with E-state index in [0.717, 1.165) is 20.1 Å². The first kappa shape index (κ1) is 26.8. The van der Waals surface area contributed by atoms with Crippen LogP contribution in [-0.2, 0) is 14.3 Å². The van der Waals surface area contributed by atoms with E-state index >= 15 is 0 Å². The fourth-order valence-corrected chi connectivity index (χ4v) is 4.84. The van der Waals surface area contributed by atoms with Gasteiger partial charge in [0.05, 0.1) is 24.4 Å². The average molecular weight is 624 g/mol. The Labute approximate surface area is 225 Å². The van der Waals surface area contributed by atoms with Crippen LogP contribution in [0.5, 0.6) is 5.75 Å². The Kier molecular flexibility index (Phi) is 9.41. The summed E-state index contributed by atoms with van der Waals surface area (Å²) in [6, 6.07) is 10.3. The van der Waals surface area contributed by atoms with Gasteiger partial charge in [0.25, 0.3) is 5.91 Å². The molecule has 0 spiro atoms. The number of hydrogen-bond donors (Lipinski definition) is 3. The molecule has 35 heavy (non-hydrogen) atoms. The molecule has 0 saturated heterocycles. The Bertz CT molecular complexity index is 1190. The van der Waals surface area contributed by atoms with E-state index < -0.39 is 17.9 Å². The molecule has 1 heterocycles. The average Bonchev–Trinajstić information content (AvgIpc) is 2.81. The topological polar surface area (TPSA) is 101 Å². The normalized spacial score (nSPS) is 15.5. The van der Waals surface area contributed by atoms with Gasteiger partial charge in [0.2, 0.25) is 0 Å². The molecule has 1 aliphatic rings. The maximum Gasteiger partial charge on any atom is 0.338 e. The standard InChI is InChI=1S/C24H24Br2N4O4S/c1-4-33-23(32)21-14(3)28-24(35)29-22(21)16-7-5-6-8-19(16)34-12-20(31)30-27-11-15-9-17(25)13(2)18(26)10-15/h5-11,22H,4,12H2,1-3H3,(H,30,31)(H2,28,29,35)/t22-/m0/s1. The van der Waals surface area contributed by atoms with E-state index in [1.807, 2.05) is 25.1 Å². The summed E-state index contributed by atoms with van der Waals surface area (Å²) in [6.07, 6.45) is 1.54. The first-order valence-corrected chi connectivity index (χ1v) is 12.6. The van der Waals surface area contributed by atoms with Gasteiger partial charge < -0.3 is 20.1 Å². The van der Waals surface area contributed by atoms with E-state index in [2.05, 4.69) is 53.0 Å².